The molecule has 0 unspecified atom stereocenters. The molecule has 20 heteroatoms. The zero-order valence-electron chi connectivity index (χ0n) is 51.9. The van der Waals surface area contributed by atoms with Crippen LogP contribution >= 0.6 is 63.7 Å². The van der Waals surface area contributed by atoms with E-state index in [1.807, 2.05) is 48.5 Å². The van der Waals surface area contributed by atoms with Crippen LogP contribution in [0, 0.1) is 27.7 Å². The molecule has 92 heavy (non-hydrogen) atoms. The quantitative estimate of drug-likeness (QED) is 0.0822. The topological polar surface area (TPSA) is 210 Å². The molecule has 0 heterocycles. The van der Waals surface area contributed by atoms with Crippen molar-refractivity contribution in [2.45, 2.75) is 107 Å². The van der Waals surface area contributed by atoms with Gasteiger partial charge in [0.25, 0.3) is 0 Å². The number of esters is 8. The maximum absolute atomic E-state index is 13.9. The number of carbonyl (C=O) groups is 8. The Labute approximate surface area is 564 Å². The van der Waals surface area contributed by atoms with Gasteiger partial charge in [-0.3, -0.25) is 38.4 Å². The molecule has 8 aromatic carbocycles. The largest absolute Gasteiger partial charge is 0.426 e. The normalized spacial score (nSPS) is 14.9. The molecule has 0 fully saturated rings. The van der Waals surface area contributed by atoms with E-state index in [0.29, 0.717) is 40.1 Å². The summed E-state index contributed by atoms with van der Waals surface area (Å²) in [6.07, 6.45) is 0. The van der Waals surface area contributed by atoms with Gasteiger partial charge in [0.2, 0.25) is 0 Å². The second-order valence-corrected chi connectivity index (χ2v) is 25.7. The number of hydrogen-bond donors (Lipinski definition) is 0. The van der Waals surface area contributed by atoms with Crippen molar-refractivity contribution in [2.24, 2.45) is 0 Å². The van der Waals surface area contributed by atoms with Crippen LogP contribution < -0.4 is 37.9 Å². The summed E-state index contributed by atoms with van der Waals surface area (Å²) >= 11 is 14.5. The summed E-state index contributed by atoms with van der Waals surface area (Å²) in [6, 6.07) is 35.8. The Bertz CT molecular complexity index is 3620. The molecule has 0 spiro atoms. The lowest BCUT2D eigenvalue weighted by Crippen LogP contribution is -2.21. The molecular weight excluding hydrogens is 1440 g/mol. The Balaban J connectivity index is 1.72. The van der Waals surface area contributed by atoms with Gasteiger partial charge in [-0.05, 0) is 123 Å². The zero-order valence-corrected chi connectivity index (χ0v) is 58.2. The first kappa shape index (κ1) is 67.8. The fourth-order valence-corrected chi connectivity index (χ4v) is 13.1. The second-order valence-electron chi connectivity index (χ2n) is 22.0. The minimum absolute atomic E-state index is 0.0707. The van der Waals surface area contributed by atoms with Gasteiger partial charge in [-0.25, -0.2) is 0 Å². The van der Waals surface area contributed by atoms with E-state index in [9.17, 15) is 38.4 Å². The van der Waals surface area contributed by atoms with Crippen molar-refractivity contribution in [2.75, 3.05) is 0 Å². The molecule has 16 nitrogen and oxygen atoms in total. The van der Waals surface area contributed by atoms with E-state index in [2.05, 4.69) is 63.7 Å². The van der Waals surface area contributed by atoms with Gasteiger partial charge in [-0.2, -0.15) is 0 Å². The number of carbonyl (C=O) groups excluding carboxylic acids is 8. The molecule has 1 aliphatic rings. The predicted octanol–water partition coefficient (Wildman–Crippen LogP) is 16.4. The highest BCUT2D eigenvalue weighted by Crippen LogP contribution is 2.58. The lowest BCUT2D eigenvalue weighted by Gasteiger charge is -2.34. The number of benzene rings is 8. The van der Waals surface area contributed by atoms with Crippen molar-refractivity contribution in [3.05, 3.63) is 228 Å². The molecule has 0 amide bonds. The van der Waals surface area contributed by atoms with Crippen LogP contribution in [-0.2, 0) is 38.4 Å². The second kappa shape index (κ2) is 28.1. The molecule has 0 aromatic heterocycles. The van der Waals surface area contributed by atoms with Gasteiger partial charge in [-0.1, -0.05) is 112 Å². The fraction of sp³-hybridized carbons (Fsp3) is 0.222. The number of rotatable bonds is 12. The first-order valence-electron chi connectivity index (χ1n) is 28.7. The van der Waals surface area contributed by atoms with Gasteiger partial charge in [0, 0.05) is 164 Å². The molecule has 472 valence electrons. The molecule has 1 aliphatic carbocycles. The zero-order chi connectivity index (χ0) is 66.9. The SMILES string of the molecule is CC(=O)Oc1c2cc(c(OC(C)=O)c1C)C(c1ccc(Br)cc1)c1cc(c(OC(C)=O)c(C)c1OC(C)=O)C(c1ccc(Br)cc1)c1cc(c(OC(C)=O)c(C)c1OC(C)=O)C(c1ccc(Br)cc1)c1cc(c(OC(C)=O)c(C)c1OC(C)=O)C2c1ccc(Br)cc1. The number of hydrogen-bond acceptors (Lipinski definition) is 16. The van der Waals surface area contributed by atoms with E-state index in [1.54, 1.807) is 100 Å². The lowest BCUT2D eigenvalue weighted by molar-refractivity contribution is -0.133. The standard InChI is InChI=1S/C72H60Br4O16/c1-33-65(85-37(5)77)53-29-54(66(33)86-38(6)78)62(46-15-23-50(74)24-16-46)56-31-58(70(90-42(10)82)35(3)68(56)88-40(8)80)64(48-19-27-52(76)28-20-48)60-32-59(71(91-43(11)83)36(4)72(60)92-44(12)84)63(47-17-25-51(75)26-18-47)57-30-55(61(53)45-13-21-49(73)22-14-45)67(87-39(7)79)34(2)69(57)89-41(9)81/h13-32,61-64H,1-12H3. The van der Waals surface area contributed by atoms with Crippen LogP contribution in [0.5, 0.6) is 46.0 Å². The Morgan fingerprint density at radius 2 is 0.359 bits per heavy atom. The fourth-order valence-electron chi connectivity index (χ4n) is 12.0. The van der Waals surface area contributed by atoms with E-state index < -0.39 is 71.4 Å². The average Bonchev–Trinajstić information content (AvgIpc) is 0.740. The molecule has 0 atom stereocenters. The number of fused-ring (bicyclic) bond motifs is 8. The minimum Gasteiger partial charge on any atom is -0.426 e. The van der Waals surface area contributed by atoms with Crippen molar-refractivity contribution in [3.63, 3.8) is 0 Å². The maximum Gasteiger partial charge on any atom is 0.308 e. The Morgan fingerprint density at radius 1 is 0.239 bits per heavy atom. The third-order valence-corrected chi connectivity index (χ3v) is 17.4. The highest BCUT2D eigenvalue weighted by Gasteiger charge is 2.41. The molecular formula is C72H60Br4O16. The molecule has 8 bridgehead atoms. The summed E-state index contributed by atoms with van der Waals surface area (Å²) in [4.78, 5) is 111. The summed E-state index contributed by atoms with van der Waals surface area (Å²) in [5.74, 6) is -11.5. The van der Waals surface area contributed by atoms with Gasteiger partial charge < -0.3 is 37.9 Å². The third kappa shape index (κ3) is 14.4. The predicted molar refractivity (Wildman–Crippen MR) is 356 cm³/mol. The van der Waals surface area contributed by atoms with E-state index in [1.165, 1.54) is 55.4 Å². The van der Waals surface area contributed by atoms with Crippen LogP contribution in [-0.4, -0.2) is 47.8 Å². The summed E-state index contributed by atoms with van der Waals surface area (Å²) in [5, 5.41) is 0. The number of ether oxygens (including phenoxy) is 8. The van der Waals surface area contributed by atoms with Crippen LogP contribution in [0.2, 0.25) is 0 Å². The lowest BCUT2D eigenvalue weighted by atomic mass is 9.73. The van der Waals surface area contributed by atoms with Gasteiger partial charge in [-0.15, -0.1) is 0 Å². The van der Waals surface area contributed by atoms with Crippen LogP contribution in [0.4, 0.5) is 0 Å². The molecule has 0 saturated heterocycles. The van der Waals surface area contributed by atoms with Crippen molar-refractivity contribution in [1.82, 2.24) is 0 Å². The summed E-state index contributed by atoms with van der Waals surface area (Å²) in [6.45, 7) is 16.2. The monoisotopic (exact) mass is 1500 g/mol. The van der Waals surface area contributed by atoms with Crippen molar-refractivity contribution < 1.29 is 76.3 Å². The van der Waals surface area contributed by atoms with E-state index in [4.69, 9.17) is 37.9 Å². The molecule has 0 N–H and O–H groups in total. The molecule has 9 rings (SSSR count). The Hall–Kier alpha value is -8.56. The van der Waals surface area contributed by atoms with Crippen molar-refractivity contribution in [1.29, 1.82) is 0 Å². The van der Waals surface area contributed by atoms with Crippen LogP contribution in [0.3, 0.4) is 0 Å². The average molecular weight is 1500 g/mol. The van der Waals surface area contributed by atoms with Crippen LogP contribution in [0.1, 0.15) is 168 Å². The van der Waals surface area contributed by atoms with Crippen LogP contribution in [0.15, 0.2) is 139 Å². The van der Waals surface area contributed by atoms with E-state index >= 15 is 0 Å². The van der Waals surface area contributed by atoms with Gasteiger partial charge in [0.1, 0.15) is 46.0 Å². The number of halogens is 4. The smallest absolute Gasteiger partial charge is 0.308 e. The van der Waals surface area contributed by atoms with Crippen molar-refractivity contribution in [3.8, 4) is 46.0 Å². The first-order valence-corrected chi connectivity index (χ1v) is 31.9. The van der Waals surface area contributed by atoms with Gasteiger partial charge in [0.05, 0.1) is 0 Å². The van der Waals surface area contributed by atoms with Crippen LogP contribution in [0.25, 0.3) is 0 Å². The van der Waals surface area contributed by atoms with Gasteiger partial charge in [0.15, 0.2) is 0 Å². The summed E-state index contributed by atoms with van der Waals surface area (Å²) in [5.41, 5.74) is 4.49. The van der Waals surface area contributed by atoms with Crippen molar-refractivity contribution >= 4 is 111 Å². The highest BCUT2D eigenvalue weighted by molar-refractivity contribution is 9.11. The van der Waals surface area contributed by atoms with E-state index in [-0.39, 0.29) is 113 Å². The van der Waals surface area contributed by atoms with E-state index in [0.717, 1.165) is 0 Å². The maximum atomic E-state index is 13.9. The Morgan fingerprint density at radius 3 is 0.467 bits per heavy atom. The summed E-state index contributed by atoms with van der Waals surface area (Å²) < 4.78 is 53.8. The molecule has 0 radical (unpaired) electrons. The Kier molecular flexibility index (Phi) is 20.7. The molecule has 0 saturated carbocycles. The molecule has 8 aromatic rings. The highest BCUT2D eigenvalue weighted by atomic mass is 79.9. The first-order chi connectivity index (χ1) is 43.5. The minimum atomic E-state index is -1.20. The molecule has 0 aliphatic heterocycles. The van der Waals surface area contributed by atoms with Gasteiger partial charge >= 0.3 is 47.8 Å². The third-order valence-electron chi connectivity index (χ3n) is 15.3. The summed E-state index contributed by atoms with van der Waals surface area (Å²) in [7, 11) is 0.